The van der Waals surface area contributed by atoms with E-state index < -0.39 is 17.6 Å². The lowest BCUT2D eigenvalue weighted by atomic mass is 9.86. The molecule has 1 aromatic heterocycles. The van der Waals surface area contributed by atoms with Crippen molar-refractivity contribution in [3.8, 4) is 0 Å². The molecule has 0 unspecified atom stereocenters. The van der Waals surface area contributed by atoms with Crippen molar-refractivity contribution in [1.29, 1.82) is 0 Å². The predicted octanol–water partition coefficient (Wildman–Crippen LogP) is 4.32. The van der Waals surface area contributed by atoms with Gasteiger partial charge in [-0.15, -0.1) is 0 Å². The van der Waals surface area contributed by atoms with Crippen LogP contribution in [0.2, 0.25) is 0 Å². The summed E-state index contributed by atoms with van der Waals surface area (Å²) in [5.74, 6) is 0.00539. The first-order valence-electron chi connectivity index (χ1n) is 9.20. The number of halogens is 3. The standard InChI is InChI=1S/C20H22F3N3O2/c21-20(22,23)14-7-9-15(10-8-14)26-19(28)16-5-3-11-24-18(16)25-12-13-4-1-2-6-17(13)27/h3,5,7-11,13,17,27H,1-2,4,6,12H2,(H,24,25)(H,26,28)/t13-,17-/m1/s1. The molecule has 0 radical (unpaired) electrons. The van der Waals surface area contributed by atoms with Crippen molar-refractivity contribution in [3.05, 3.63) is 53.7 Å². The molecule has 0 saturated heterocycles. The summed E-state index contributed by atoms with van der Waals surface area (Å²) < 4.78 is 37.9. The molecule has 0 aliphatic heterocycles. The molecule has 1 aliphatic carbocycles. The summed E-state index contributed by atoms with van der Waals surface area (Å²) in [7, 11) is 0. The van der Waals surface area contributed by atoms with E-state index in [2.05, 4.69) is 15.6 Å². The number of hydrogen-bond donors (Lipinski definition) is 3. The zero-order valence-electron chi connectivity index (χ0n) is 15.2. The van der Waals surface area contributed by atoms with E-state index in [9.17, 15) is 23.1 Å². The molecule has 0 spiro atoms. The second-order valence-electron chi connectivity index (χ2n) is 6.92. The van der Waals surface area contributed by atoms with Crippen molar-refractivity contribution < 1.29 is 23.1 Å². The molecule has 2 aromatic rings. The molecule has 1 heterocycles. The number of aliphatic hydroxyl groups excluding tert-OH is 1. The van der Waals surface area contributed by atoms with Gasteiger partial charge in [0.05, 0.1) is 17.2 Å². The number of aromatic nitrogens is 1. The van der Waals surface area contributed by atoms with Crippen molar-refractivity contribution in [3.63, 3.8) is 0 Å². The fourth-order valence-corrected chi connectivity index (χ4v) is 3.32. The van der Waals surface area contributed by atoms with Crippen LogP contribution in [0.15, 0.2) is 42.6 Å². The maximum atomic E-state index is 12.6. The predicted molar refractivity (Wildman–Crippen MR) is 100 cm³/mol. The van der Waals surface area contributed by atoms with Crippen LogP contribution in [-0.4, -0.2) is 28.6 Å². The minimum Gasteiger partial charge on any atom is -0.393 e. The molecule has 5 nitrogen and oxygen atoms in total. The Morgan fingerprint density at radius 2 is 1.86 bits per heavy atom. The number of hydrogen-bond acceptors (Lipinski definition) is 4. The summed E-state index contributed by atoms with van der Waals surface area (Å²) in [6, 6.07) is 7.46. The topological polar surface area (TPSA) is 74.2 Å². The molecule has 0 bridgehead atoms. The maximum absolute atomic E-state index is 12.6. The second kappa shape index (κ2) is 8.60. The number of rotatable bonds is 5. The third kappa shape index (κ3) is 5.01. The first-order valence-corrected chi connectivity index (χ1v) is 9.20. The zero-order chi connectivity index (χ0) is 20.1. The van der Waals surface area contributed by atoms with Gasteiger partial charge < -0.3 is 15.7 Å². The molecule has 1 aromatic carbocycles. The number of pyridine rings is 1. The monoisotopic (exact) mass is 393 g/mol. The minimum absolute atomic E-state index is 0.0987. The van der Waals surface area contributed by atoms with E-state index in [1.54, 1.807) is 18.3 Å². The third-order valence-corrected chi connectivity index (χ3v) is 4.92. The van der Waals surface area contributed by atoms with Crippen molar-refractivity contribution in [1.82, 2.24) is 4.98 Å². The molecule has 1 fully saturated rings. The Morgan fingerprint density at radius 3 is 2.54 bits per heavy atom. The summed E-state index contributed by atoms with van der Waals surface area (Å²) in [5.41, 5.74) is -0.233. The highest BCUT2D eigenvalue weighted by Gasteiger charge is 2.30. The van der Waals surface area contributed by atoms with Crippen LogP contribution in [0, 0.1) is 5.92 Å². The van der Waals surface area contributed by atoms with Gasteiger partial charge >= 0.3 is 6.18 Å². The van der Waals surface area contributed by atoms with Gasteiger partial charge in [-0.2, -0.15) is 13.2 Å². The summed E-state index contributed by atoms with van der Waals surface area (Å²) in [6.07, 6.45) is 0.523. The molecule has 150 valence electrons. The molecular formula is C20H22F3N3O2. The molecule has 1 amide bonds. The first kappa shape index (κ1) is 20.1. The second-order valence-corrected chi connectivity index (χ2v) is 6.92. The minimum atomic E-state index is -4.42. The smallest absolute Gasteiger partial charge is 0.393 e. The van der Waals surface area contributed by atoms with Crippen LogP contribution in [-0.2, 0) is 6.18 Å². The first-order chi connectivity index (χ1) is 13.3. The van der Waals surface area contributed by atoms with Gasteiger partial charge in [-0.25, -0.2) is 4.98 Å². The number of anilines is 2. The van der Waals surface area contributed by atoms with Gasteiger partial charge in [0.1, 0.15) is 5.82 Å². The number of carbonyl (C=O) groups is 1. The van der Waals surface area contributed by atoms with Gasteiger partial charge in [0.15, 0.2) is 0 Å². The van der Waals surface area contributed by atoms with E-state index >= 15 is 0 Å². The largest absolute Gasteiger partial charge is 0.416 e. The van der Waals surface area contributed by atoms with Gasteiger partial charge in [-0.1, -0.05) is 12.8 Å². The fourth-order valence-electron chi connectivity index (χ4n) is 3.32. The lowest BCUT2D eigenvalue weighted by Gasteiger charge is -2.28. The summed E-state index contributed by atoms with van der Waals surface area (Å²) in [6.45, 7) is 0.499. The normalized spacial score (nSPS) is 19.9. The Hall–Kier alpha value is -2.61. The van der Waals surface area contributed by atoms with Crippen LogP contribution in [0.5, 0.6) is 0 Å². The summed E-state index contributed by atoms with van der Waals surface area (Å²) >= 11 is 0. The molecule has 3 N–H and O–H groups in total. The Kier molecular flexibility index (Phi) is 6.18. The average molecular weight is 393 g/mol. The van der Waals surface area contributed by atoms with E-state index in [1.807, 2.05) is 0 Å². The van der Waals surface area contributed by atoms with Crippen LogP contribution < -0.4 is 10.6 Å². The van der Waals surface area contributed by atoms with E-state index in [1.165, 1.54) is 12.1 Å². The number of benzene rings is 1. The highest BCUT2D eigenvalue weighted by molar-refractivity contribution is 6.07. The van der Waals surface area contributed by atoms with Crippen LogP contribution in [0.25, 0.3) is 0 Å². The summed E-state index contributed by atoms with van der Waals surface area (Å²) in [4.78, 5) is 16.8. The highest BCUT2D eigenvalue weighted by Crippen LogP contribution is 2.30. The van der Waals surface area contributed by atoms with Crippen LogP contribution in [0.3, 0.4) is 0 Å². The van der Waals surface area contributed by atoms with Crippen LogP contribution >= 0.6 is 0 Å². The zero-order valence-corrected chi connectivity index (χ0v) is 15.2. The molecule has 1 aliphatic rings. The Morgan fingerprint density at radius 1 is 1.14 bits per heavy atom. The Labute approximate surface area is 161 Å². The quantitative estimate of drug-likeness (QED) is 0.708. The Balaban J connectivity index is 1.67. The fraction of sp³-hybridized carbons (Fsp3) is 0.400. The Bertz CT molecular complexity index is 809. The van der Waals surface area contributed by atoms with Gasteiger partial charge in [0, 0.05) is 24.3 Å². The van der Waals surface area contributed by atoms with E-state index in [0.29, 0.717) is 12.4 Å². The molecule has 28 heavy (non-hydrogen) atoms. The number of amides is 1. The molecule has 8 heteroatoms. The summed E-state index contributed by atoms with van der Waals surface area (Å²) in [5, 5.41) is 15.8. The maximum Gasteiger partial charge on any atom is 0.416 e. The number of aliphatic hydroxyl groups is 1. The third-order valence-electron chi connectivity index (χ3n) is 4.92. The van der Waals surface area contributed by atoms with E-state index in [0.717, 1.165) is 37.8 Å². The number of alkyl halides is 3. The molecular weight excluding hydrogens is 371 g/mol. The number of nitrogens with zero attached hydrogens (tertiary/aromatic N) is 1. The highest BCUT2D eigenvalue weighted by atomic mass is 19.4. The SMILES string of the molecule is O=C(Nc1ccc(C(F)(F)F)cc1)c1cccnc1NC[C@H]1CCCC[C@H]1O. The van der Waals surface area contributed by atoms with Gasteiger partial charge in [0.25, 0.3) is 5.91 Å². The lowest BCUT2D eigenvalue weighted by molar-refractivity contribution is -0.137. The molecule has 1 saturated carbocycles. The van der Waals surface area contributed by atoms with Crippen LogP contribution in [0.4, 0.5) is 24.7 Å². The van der Waals surface area contributed by atoms with Crippen molar-refractivity contribution in [2.24, 2.45) is 5.92 Å². The van der Waals surface area contributed by atoms with Crippen LogP contribution in [0.1, 0.15) is 41.6 Å². The van der Waals surface area contributed by atoms with E-state index in [-0.39, 0.29) is 23.3 Å². The number of carbonyl (C=O) groups excluding carboxylic acids is 1. The van der Waals surface area contributed by atoms with Gasteiger partial charge in [0.2, 0.25) is 0 Å². The average Bonchev–Trinajstić information content (AvgIpc) is 2.67. The van der Waals surface area contributed by atoms with Crippen molar-refractivity contribution in [2.45, 2.75) is 38.0 Å². The van der Waals surface area contributed by atoms with Gasteiger partial charge in [-0.05, 0) is 49.2 Å². The van der Waals surface area contributed by atoms with Crippen molar-refractivity contribution >= 4 is 17.4 Å². The van der Waals surface area contributed by atoms with Crippen molar-refractivity contribution in [2.75, 3.05) is 17.2 Å². The lowest BCUT2D eigenvalue weighted by Crippen LogP contribution is -2.31. The number of nitrogens with one attached hydrogen (secondary N) is 2. The molecule has 2 atom stereocenters. The molecule has 3 rings (SSSR count). The van der Waals surface area contributed by atoms with E-state index in [4.69, 9.17) is 0 Å². The van der Waals surface area contributed by atoms with Gasteiger partial charge in [-0.3, -0.25) is 4.79 Å².